The van der Waals surface area contributed by atoms with Gasteiger partial charge in [-0.25, -0.2) is 4.39 Å². The number of aromatic hydroxyl groups is 2. The maximum Gasteiger partial charge on any atom is 0.239 e. The summed E-state index contributed by atoms with van der Waals surface area (Å²) in [6.45, 7) is 8.18. The molecule has 7 heteroatoms. The number of halogens is 2. The molecule has 0 unspecified atom stereocenters. The van der Waals surface area contributed by atoms with Gasteiger partial charge in [0.25, 0.3) is 0 Å². The number of methoxy groups -OCH3 is 1. The van der Waals surface area contributed by atoms with Crippen LogP contribution in [0, 0.1) is 17.7 Å². The number of hydrogen-bond donors (Lipinski definition) is 2. The minimum atomic E-state index is -0.686. The summed E-state index contributed by atoms with van der Waals surface area (Å²) in [4.78, 5) is 13.5. The number of phenols is 2. The minimum Gasteiger partial charge on any atom is -0.507 e. The summed E-state index contributed by atoms with van der Waals surface area (Å²) in [7, 11) is 1.28. The average molecular weight is 477 g/mol. The molecule has 0 aliphatic rings. The molecule has 0 saturated heterocycles. The van der Waals surface area contributed by atoms with Crippen molar-refractivity contribution in [2.24, 2.45) is 11.8 Å². The molecule has 3 rings (SSSR count). The van der Waals surface area contributed by atoms with Crippen molar-refractivity contribution in [1.82, 2.24) is 0 Å². The molecule has 0 saturated carbocycles. The van der Waals surface area contributed by atoms with Crippen molar-refractivity contribution >= 4 is 22.6 Å². The molecule has 0 aliphatic carbocycles. The van der Waals surface area contributed by atoms with Gasteiger partial charge in [0.15, 0.2) is 5.76 Å². The molecule has 0 amide bonds. The Labute approximate surface area is 197 Å². The highest BCUT2D eigenvalue weighted by Crippen LogP contribution is 2.43. The Bertz CT molecular complexity index is 1230. The molecule has 1 heterocycles. The molecule has 33 heavy (non-hydrogen) atoms. The number of fused-ring (bicyclic) bond motifs is 1. The lowest BCUT2D eigenvalue weighted by molar-refractivity contribution is 0.394. The average Bonchev–Trinajstić information content (AvgIpc) is 2.72. The smallest absolute Gasteiger partial charge is 0.239 e. The fourth-order valence-corrected chi connectivity index (χ4v) is 4.03. The second kappa shape index (κ2) is 10.0. The maximum absolute atomic E-state index is 14.7. The van der Waals surface area contributed by atoms with Gasteiger partial charge in [-0.05, 0) is 55.7 Å². The van der Waals surface area contributed by atoms with E-state index < -0.39 is 11.2 Å². The van der Waals surface area contributed by atoms with Crippen LogP contribution in [-0.4, -0.2) is 17.3 Å². The van der Waals surface area contributed by atoms with Crippen molar-refractivity contribution in [3.63, 3.8) is 0 Å². The second-order valence-corrected chi connectivity index (χ2v) is 9.58. The van der Waals surface area contributed by atoms with Gasteiger partial charge in [-0.2, -0.15) is 0 Å². The number of rotatable bonds is 8. The fourth-order valence-electron chi connectivity index (χ4n) is 3.87. The highest BCUT2D eigenvalue weighted by atomic mass is 35.5. The van der Waals surface area contributed by atoms with Crippen LogP contribution in [0.15, 0.2) is 27.4 Å². The van der Waals surface area contributed by atoms with E-state index in [1.807, 2.05) is 27.7 Å². The first kappa shape index (κ1) is 24.9. The normalized spacial score (nSPS) is 11.7. The van der Waals surface area contributed by atoms with Crippen LogP contribution in [0.1, 0.15) is 51.7 Å². The molecule has 0 aliphatic heterocycles. The molecule has 0 atom stereocenters. The first-order chi connectivity index (χ1) is 15.6. The standard InChI is InChI=1S/C26H30ClFO5/c1-13(2)6-9-17-21(29)18(10-7-14(3)4)24-20(22(17)30)23(31)26(32-5)25(33-24)16-11-8-15(27)12-19(16)28/h8,11-14,29-30H,6-7,9-10H2,1-5H3. The van der Waals surface area contributed by atoms with Crippen LogP contribution in [0.4, 0.5) is 4.39 Å². The second-order valence-electron chi connectivity index (χ2n) is 9.14. The number of aryl methyl sites for hydroxylation is 1. The van der Waals surface area contributed by atoms with Crippen LogP contribution < -0.4 is 10.2 Å². The van der Waals surface area contributed by atoms with E-state index >= 15 is 0 Å². The zero-order valence-electron chi connectivity index (χ0n) is 19.6. The molecule has 0 radical (unpaired) electrons. The van der Waals surface area contributed by atoms with E-state index in [1.165, 1.54) is 19.2 Å². The van der Waals surface area contributed by atoms with Crippen LogP contribution in [0.3, 0.4) is 0 Å². The Kier molecular flexibility index (Phi) is 7.58. The molecule has 3 aromatic rings. The Balaban J connectivity index is 2.41. The Morgan fingerprint density at radius 1 is 1.03 bits per heavy atom. The van der Waals surface area contributed by atoms with Crippen molar-refractivity contribution in [1.29, 1.82) is 0 Å². The first-order valence-corrected chi connectivity index (χ1v) is 11.5. The van der Waals surface area contributed by atoms with Gasteiger partial charge in [-0.1, -0.05) is 39.3 Å². The third-order valence-corrected chi connectivity index (χ3v) is 6.00. The SMILES string of the molecule is COc1c(-c2ccc(Cl)cc2F)oc2c(CCC(C)C)c(O)c(CCC(C)C)c(O)c2c1=O. The molecule has 0 fully saturated rings. The summed E-state index contributed by atoms with van der Waals surface area (Å²) in [6.07, 6.45) is 2.26. The summed E-state index contributed by atoms with van der Waals surface area (Å²) in [5, 5.41) is 22.3. The molecule has 178 valence electrons. The number of hydrogen-bond acceptors (Lipinski definition) is 5. The molecule has 5 nitrogen and oxygen atoms in total. The van der Waals surface area contributed by atoms with E-state index in [0.29, 0.717) is 42.2 Å². The van der Waals surface area contributed by atoms with Crippen molar-refractivity contribution in [3.8, 4) is 28.6 Å². The van der Waals surface area contributed by atoms with E-state index in [0.717, 1.165) is 12.5 Å². The number of phenolic OH excluding ortho intramolecular Hbond substituents is 2. The van der Waals surface area contributed by atoms with Gasteiger partial charge in [0, 0.05) is 16.1 Å². The van der Waals surface area contributed by atoms with Gasteiger partial charge in [0.05, 0.1) is 12.7 Å². The quantitative estimate of drug-likeness (QED) is 0.371. The zero-order valence-corrected chi connectivity index (χ0v) is 20.3. The van der Waals surface area contributed by atoms with Gasteiger partial charge in [0.1, 0.15) is 28.3 Å². The predicted octanol–water partition coefficient (Wildman–Crippen LogP) is 6.85. The van der Waals surface area contributed by atoms with Crippen molar-refractivity contribution in [2.45, 2.75) is 53.4 Å². The van der Waals surface area contributed by atoms with Crippen LogP contribution >= 0.6 is 11.6 Å². The molecular weight excluding hydrogens is 447 g/mol. The highest BCUT2D eigenvalue weighted by Gasteiger charge is 2.28. The Morgan fingerprint density at radius 2 is 1.64 bits per heavy atom. The summed E-state index contributed by atoms with van der Waals surface area (Å²) < 4.78 is 26.1. The van der Waals surface area contributed by atoms with Crippen LogP contribution in [-0.2, 0) is 12.8 Å². The Morgan fingerprint density at radius 3 is 2.18 bits per heavy atom. The van der Waals surface area contributed by atoms with Crippen LogP contribution in [0.25, 0.3) is 22.3 Å². The van der Waals surface area contributed by atoms with Gasteiger partial charge in [-0.15, -0.1) is 0 Å². The van der Waals surface area contributed by atoms with Crippen molar-refractivity contribution in [3.05, 3.63) is 50.4 Å². The van der Waals surface area contributed by atoms with Crippen LogP contribution in [0.5, 0.6) is 17.2 Å². The summed E-state index contributed by atoms with van der Waals surface area (Å²) in [5.74, 6) is -0.791. The summed E-state index contributed by atoms with van der Waals surface area (Å²) in [5.41, 5.74) is 0.138. The molecular formula is C26H30ClFO5. The minimum absolute atomic E-state index is 0.00655. The van der Waals surface area contributed by atoms with Gasteiger partial charge < -0.3 is 19.4 Å². The molecule has 2 aromatic carbocycles. The van der Waals surface area contributed by atoms with Crippen molar-refractivity contribution < 1.29 is 23.8 Å². The topological polar surface area (TPSA) is 79.9 Å². The summed E-state index contributed by atoms with van der Waals surface area (Å²) in [6, 6.07) is 3.99. The van der Waals surface area contributed by atoms with Gasteiger partial charge in [-0.3, -0.25) is 4.79 Å². The number of benzene rings is 2. The largest absolute Gasteiger partial charge is 0.507 e. The Hall–Kier alpha value is -2.73. The monoisotopic (exact) mass is 476 g/mol. The molecule has 0 bridgehead atoms. The summed E-state index contributed by atoms with van der Waals surface area (Å²) >= 11 is 5.88. The fraction of sp³-hybridized carbons (Fsp3) is 0.423. The van der Waals surface area contributed by atoms with E-state index in [1.54, 1.807) is 0 Å². The van der Waals surface area contributed by atoms with E-state index in [2.05, 4.69) is 0 Å². The maximum atomic E-state index is 14.7. The molecule has 1 aromatic heterocycles. The van der Waals surface area contributed by atoms with Crippen molar-refractivity contribution in [2.75, 3.05) is 7.11 Å². The van der Waals surface area contributed by atoms with Gasteiger partial charge in [0.2, 0.25) is 11.2 Å². The molecule has 2 N–H and O–H groups in total. The zero-order chi connectivity index (χ0) is 24.4. The predicted molar refractivity (Wildman–Crippen MR) is 129 cm³/mol. The third-order valence-electron chi connectivity index (χ3n) is 5.76. The van der Waals surface area contributed by atoms with E-state index in [4.69, 9.17) is 20.8 Å². The molecule has 0 spiro atoms. The lowest BCUT2D eigenvalue weighted by Gasteiger charge is -2.18. The number of ether oxygens (including phenoxy) is 1. The lowest BCUT2D eigenvalue weighted by atomic mass is 9.92. The lowest BCUT2D eigenvalue weighted by Crippen LogP contribution is -2.11. The highest BCUT2D eigenvalue weighted by molar-refractivity contribution is 6.30. The van der Waals surface area contributed by atoms with Gasteiger partial charge >= 0.3 is 0 Å². The van der Waals surface area contributed by atoms with E-state index in [9.17, 15) is 19.4 Å². The van der Waals surface area contributed by atoms with Crippen LogP contribution in [0.2, 0.25) is 5.02 Å². The first-order valence-electron chi connectivity index (χ1n) is 11.1. The third kappa shape index (κ3) is 4.96. The van der Waals surface area contributed by atoms with E-state index in [-0.39, 0.29) is 44.6 Å².